The zero-order chi connectivity index (χ0) is 22.2. The number of piperidine rings is 1. The number of ether oxygens (including phenoxy) is 2. The van der Waals surface area contributed by atoms with E-state index in [2.05, 4.69) is 0 Å². The Bertz CT molecular complexity index is 1090. The standard InChI is InChI=1S/C23H28N2O5S/c1-16-7-8-18(13-17(16)2)24(3)31(27,28)19-9-10-20-21(14-19)29-15-22(30-20)23(26)25-11-5-4-6-12-25/h7-10,13-14,22H,4-6,11-12,15H2,1-3H3/t22-/m1/s1. The van der Waals surface area contributed by atoms with Gasteiger partial charge in [-0.05, 0) is 68.5 Å². The van der Waals surface area contributed by atoms with Crippen molar-refractivity contribution in [3.8, 4) is 11.5 Å². The number of hydrogen-bond donors (Lipinski definition) is 0. The SMILES string of the molecule is Cc1ccc(N(C)S(=O)(=O)c2ccc3c(c2)OC[C@H](C(=O)N2CCCCC2)O3)cc1C. The minimum atomic E-state index is -3.78. The quantitative estimate of drug-likeness (QED) is 0.723. The molecule has 0 bridgehead atoms. The molecule has 2 heterocycles. The largest absolute Gasteiger partial charge is 0.485 e. The lowest BCUT2D eigenvalue weighted by atomic mass is 10.1. The van der Waals surface area contributed by atoms with Gasteiger partial charge in [0.2, 0.25) is 6.10 Å². The van der Waals surface area contributed by atoms with Gasteiger partial charge in [-0.3, -0.25) is 9.10 Å². The third kappa shape index (κ3) is 4.21. The molecule has 1 saturated heterocycles. The second-order valence-electron chi connectivity index (χ2n) is 8.15. The van der Waals surface area contributed by atoms with E-state index >= 15 is 0 Å². The van der Waals surface area contributed by atoms with Gasteiger partial charge in [-0.15, -0.1) is 0 Å². The summed E-state index contributed by atoms with van der Waals surface area (Å²) >= 11 is 0. The number of hydrogen-bond acceptors (Lipinski definition) is 5. The van der Waals surface area contributed by atoms with Gasteiger partial charge in [0.25, 0.3) is 15.9 Å². The molecular weight excluding hydrogens is 416 g/mol. The van der Waals surface area contributed by atoms with Crippen molar-refractivity contribution in [2.24, 2.45) is 0 Å². The summed E-state index contributed by atoms with van der Waals surface area (Å²) in [7, 11) is -2.25. The maximum Gasteiger partial charge on any atom is 0.267 e. The second kappa shape index (κ2) is 8.42. The molecule has 0 N–H and O–H groups in total. The van der Waals surface area contributed by atoms with E-state index in [-0.39, 0.29) is 17.4 Å². The molecule has 0 saturated carbocycles. The Morgan fingerprint density at radius 1 is 1.00 bits per heavy atom. The predicted molar refractivity (Wildman–Crippen MR) is 118 cm³/mol. The Labute approximate surface area is 183 Å². The summed E-state index contributed by atoms with van der Waals surface area (Å²) < 4.78 is 39.2. The van der Waals surface area contributed by atoms with Crippen LogP contribution in [0.3, 0.4) is 0 Å². The van der Waals surface area contributed by atoms with Crippen LogP contribution < -0.4 is 13.8 Å². The first-order valence-electron chi connectivity index (χ1n) is 10.6. The molecule has 1 atom stereocenters. The van der Waals surface area contributed by atoms with Crippen LogP contribution in [0.2, 0.25) is 0 Å². The van der Waals surface area contributed by atoms with Crippen molar-refractivity contribution in [3.63, 3.8) is 0 Å². The summed E-state index contributed by atoms with van der Waals surface area (Å²) in [4.78, 5) is 14.6. The highest BCUT2D eigenvalue weighted by molar-refractivity contribution is 7.92. The molecular formula is C23H28N2O5S. The summed E-state index contributed by atoms with van der Waals surface area (Å²) in [6.45, 7) is 5.49. The summed E-state index contributed by atoms with van der Waals surface area (Å²) in [5.74, 6) is 0.642. The average molecular weight is 445 g/mol. The van der Waals surface area contributed by atoms with Crippen LogP contribution in [0.4, 0.5) is 5.69 Å². The number of fused-ring (bicyclic) bond motifs is 1. The second-order valence-corrected chi connectivity index (χ2v) is 10.1. The topological polar surface area (TPSA) is 76.2 Å². The van der Waals surface area contributed by atoms with Crippen LogP contribution in [0.15, 0.2) is 41.3 Å². The molecule has 2 aromatic rings. The van der Waals surface area contributed by atoms with Crippen molar-refractivity contribution < 1.29 is 22.7 Å². The highest BCUT2D eigenvalue weighted by Crippen LogP contribution is 2.36. The van der Waals surface area contributed by atoms with Crippen molar-refractivity contribution in [1.82, 2.24) is 4.90 Å². The fraction of sp³-hybridized carbons (Fsp3) is 0.435. The van der Waals surface area contributed by atoms with Crippen LogP contribution in [0.5, 0.6) is 11.5 Å². The van der Waals surface area contributed by atoms with E-state index in [9.17, 15) is 13.2 Å². The lowest BCUT2D eigenvalue weighted by Crippen LogP contribution is -2.48. The van der Waals surface area contributed by atoms with Gasteiger partial charge < -0.3 is 14.4 Å². The molecule has 8 heteroatoms. The summed E-state index contributed by atoms with van der Waals surface area (Å²) in [6.07, 6.45) is 2.45. The van der Waals surface area contributed by atoms with Crippen LogP contribution in [0.1, 0.15) is 30.4 Å². The van der Waals surface area contributed by atoms with Crippen LogP contribution in [0.25, 0.3) is 0 Å². The summed E-state index contributed by atoms with van der Waals surface area (Å²) in [5, 5.41) is 0. The Morgan fingerprint density at radius 3 is 2.45 bits per heavy atom. The van der Waals surface area contributed by atoms with Gasteiger partial charge in [0.05, 0.1) is 10.6 Å². The Kier molecular flexibility index (Phi) is 5.83. The van der Waals surface area contributed by atoms with Gasteiger partial charge in [-0.25, -0.2) is 8.42 Å². The maximum absolute atomic E-state index is 13.2. The monoisotopic (exact) mass is 444 g/mol. The zero-order valence-electron chi connectivity index (χ0n) is 18.1. The number of benzene rings is 2. The van der Waals surface area contributed by atoms with Gasteiger partial charge in [-0.1, -0.05) is 6.07 Å². The number of nitrogens with zero attached hydrogens (tertiary/aromatic N) is 2. The highest BCUT2D eigenvalue weighted by atomic mass is 32.2. The third-order valence-corrected chi connectivity index (χ3v) is 7.81. The fourth-order valence-corrected chi connectivity index (χ4v) is 5.07. The molecule has 1 amide bonds. The van der Waals surface area contributed by atoms with Crippen molar-refractivity contribution in [3.05, 3.63) is 47.5 Å². The lowest BCUT2D eigenvalue weighted by molar-refractivity contribution is -0.142. The molecule has 7 nitrogen and oxygen atoms in total. The third-order valence-electron chi connectivity index (χ3n) is 6.03. The molecule has 0 unspecified atom stereocenters. The van der Waals surface area contributed by atoms with E-state index in [1.807, 2.05) is 30.9 Å². The number of anilines is 1. The number of sulfonamides is 1. The highest BCUT2D eigenvalue weighted by Gasteiger charge is 2.33. The Morgan fingerprint density at radius 2 is 1.74 bits per heavy atom. The summed E-state index contributed by atoms with van der Waals surface area (Å²) in [6, 6.07) is 10.1. The van der Waals surface area contributed by atoms with E-state index in [0.29, 0.717) is 17.2 Å². The van der Waals surface area contributed by atoms with Crippen molar-refractivity contribution in [2.75, 3.05) is 31.0 Å². The molecule has 0 radical (unpaired) electrons. The van der Waals surface area contributed by atoms with Gasteiger partial charge in [-0.2, -0.15) is 0 Å². The van der Waals surface area contributed by atoms with Crippen LogP contribution in [0, 0.1) is 13.8 Å². The average Bonchev–Trinajstić information content (AvgIpc) is 2.79. The van der Waals surface area contributed by atoms with Crippen molar-refractivity contribution in [2.45, 2.75) is 44.1 Å². The minimum absolute atomic E-state index is 0.0683. The van der Waals surface area contributed by atoms with E-state index in [1.165, 1.54) is 23.5 Å². The first-order chi connectivity index (χ1) is 14.8. The number of carbonyl (C=O) groups excluding carboxylic acids is 1. The number of rotatable bonds is 4. The number of aryl methyl sites for hydroxylation is 2. The number of amides is 1. The van der Waals surface area contributed by atoms with E-state index in [4.69, 9.17) is 9.47 Å². The minimum Gasteiger partial charge on any atom is -0.485 e. The van der Waals surface area contributed by atoms with Crippen LogP contribution >= 0.6 is 0 Å². The molecule has 0 spiro atoms. The molecule has 2 aliphatic rings. The first kappa shape index (κ1) is 21.5. The van der Waals surface area contributed by atoms with Gasteiger partial charge in [0, 0.05) is 26.2 Å². The molecule has 0 aromatic heterocycles. The molecule has 2 aromatic carbocycles. The van der Waals surface area contributed by atoms with Crippen molar-refractivity contribution >= 4 is 21.6 Å². The number of carbonyl (C=O) groups is 1. The first-order valence-corrected chi connectivity index (χ1v) is 12.0. The van der Waals surface area contributed by atoms with E-state index in [1.54, 1.807) is 12.1 Å². The van der Waals surface area contributed by atoms with Gasteiger partial charge in [0.1, 0.15) is 6.61 Å². The van der Waals surface area contributed by atoms with Gasteiger partial charge in [0.15, 0.2) is 11.5 Å². The predicted octanol–water partition coefficient (Wildman–Crippen LogP) is 3.28. The lowest BCUT2D eigenvalue weighted by Gasteiger charge is -2.32. The van der Waals surface area contributed by atoms with Crippen LogP contribution in [-0.2, 0) is 14.8 Å². The molecule has 4 rings (SSSR count). The molecule has 1 fully saturated rings. The molecule has 2 aliphatic heterocycles. The van der Waals surface area contributed by atoms with E-state index in [0.717, 1.165) is 43.5 Å². The van der Waals surface area contributed by atoms with Gasteiger partial charge >= 0.3 is 0 Å². The number of likely N-dealkylation sites (tertiary alicyclic amines) is 1. The summed E-state index contributed by atoms with van der Waals surface area (Å²) in [5.41, 5.74) is 2.71. The van der Waals surface area contributed by atoms with Crippen LogP contribution in [-0.4, -0.2) is 52.1 Å². The van der Waals surface area contributed by atoms with E-state index < -0.39 is 16.1 Å². The molecule has 31 heavy (non-hydrogen) atoms. The smallest absolute Gasteiger partial charge is 0.267 e. The molecule has 166 valence electrons. The normalized spacial score (nSPS) is 18.5. The molecule has 0 aliphatic carbocycles. The van der Waals surface area contributed by atoms with Crippen molar-refractivity contribution in [1.29, 1.82) is 0 Å². The Balaban J connectivity index is 1.53. The maximum atomic E-state index is 13.2. The zero-order valence-corrected chi connectivity index (χ0v) is 18.9. The fourth-order valence-electron chi connectivity index (χ4n) is 3.87. The Hall–Kier alpha value is -2.74.